The van der Waals surface area contributed by atoms with Gasteiger partial charge in [-0.25, -0.2) is 13.8 Å². The summed E-state index contributed by atoms with van der Waals surface area (Å²) in [7, 11) is -3.78. The van der Waals surface area contributed by atoms with Crippen molar-refractivity contribution >= 4 is 39.4 Å². The lowest BCUT2D eigenvalue weighted by Gasteiger charge is -2.09. The van der Waals surface area contributed by atoms with Crippen molar-refractivity contribution in [2.75, 3.05) is 11.3 Å². The van der Waals surface area contributed by atoms with Gasteiger partial charge in [-0.15, -0.1) is 6.42 Å². The van der Waals surface area contributed by atoms with E-state index in [-0.39, 0.29) is 11.5 Å². The number of hydrogen-bond donors (Lipinski definition) is 2. The van der Waals surface area contributed by atoms with E-state index in [1.165, 1.54) is 54.7 Å². The number of benzene rings is 3. The van der Waals surface area contributed by atoms with E-state index in [9.17, 15) is 13.2 Å². The normalized spacial score (nSPS) is 11.0. The molecule has 3 aromatic carbocycles. The molecule has 9 heteroatoms. The molecule has 0 bridgehead atoms. The van der Waals surface area contributed by atoms with Gasteiger partial charge in [0.2, 0.25) is 0 Å². The second kappa shape index (κ2) is 10.5. The van der Waals surface area contributed by atoms with E-state index < -0.39 is 15.9 Å². The summed E-state index contributed by atoms with van der Waals surface area (Å²) in [5, 5.41) is 4.37. The molecule has 0 fully saturated rings. The van der Waals surface area contributed by atoms with Gasteiger partial charge in [-0.05, 0) is 60.7 Å². The smallest absolute Gasteiger partial charge is 0.271 e. The van der Waals surface area contributed by atoms with E-state index in [1.54, 1.807) is 24.3 Å². The van der Waals surface area contributed by atoms with Gasteiger partial charge in [0.1, 0.15) is 12.4 Å². The number of rotatable bonds is 8. The van der Waals surface area contributed by atoms with Crippen molar-refractivity contribution in [1.29, 1.82) is 0 Å². The van der Waals surface area contributed by atoms with Crippen molar-refractivity contribution in [2.24, 2.45) is 5.10 Å². The van der Waals surface area contributed by atoms with Crippen molar-refractivity contribution in [3.63, 3.8) is 0 Å². The van der Waals surface area contributed by atoms with Crippen molar-refractivity contribution in [3.05, 3.63) is 88.9 Å². The first kappa shape index (κ1) is 22.9. The van der Waals surface area contributed by atoms with Gasteiger partial charge in [0.25, 0.3) is 15.9 Å². The molecule has 162 valence electrons. The quantitative estimate of drug-likeness (QED) is 0.298. The van der Waals surface area contributed by atoms with Crippen LogP contribution in [0, 0.1) is 12.3 Å². The fourth-order valence-corrected chi connectivity index (χ4v) is 3.77. The molecular weight excluding hydrogens is 450 g/mol. The monoisotopic (exact) mass is 467 g/mol. The highest BCUT2D eigenvalue weighted by Gasteiger charge is 2.14. The van der Waals surface area contributed by atoms with Crippen LogP contribution in [0.1, 0.15) is 15.9 Å². The van der Waals surface area contributed by atoms with Crippen LogP contribution in [0.25, 0.3) is 0 Å². The average molecular weight is 468 g/mol. The number of carbonyl (C=O) groups is 1. The maximum atomic E-state index is 12.4. The topological polar surface area (TPSA) is 96.9 Å². The van der Waals surface area contributed by atoms with Crippen LogP contribution in [0.3, 0.4) is 0 Å². The number of terminal acetylenes is 1. The molecule has 32 heavy (non-hydrogen) atoms. The second-order valence-corrected chi connectivity index (χ2v) is 8.49. The first-order valence-corrected chi connectivity index (χ1v) is 11.1. The number of hydrazone groups is 1. The van der Waals surface area contributed by atoms with Gasteiger partial charge in [-0.1, -0.05) is 29.7 Å². The first-order chi connectivity index (χ1) is 15.4. The number of anilines is 1. The summed E-state index contributed by atoms with van der Waals surface area (Å²) in [6.07, 6.45) is 6.64. The van der Waals surface area contributed by atoms with E-state index in [4.69, 9.17) is 22.8 Å². The Kier molecular flexibility index (Phi) is 7.49. The van der Waals surface area contributed by atoms with Gasteiger partial charge in [0.15, 0.2) is 0 Å². The third kappa shape index (κ3) is 6.11. The standard InChI is InChI=1S/C23H18ClN3O4S/c1-2-15-31-22-6-4-3-5-18(22)16-25-26-23(28)17-7-11-20(12-8-17)27-32(29,30)21-13-9-19(24)10-14-21/h1,3-14,16,27H,15H2,(H,26,28)/b25-16+. The zero-order valence-corrected chi connectivity index (χ0v) is 18.2. The maximum Gasteiger partial charge on any atom is 0.271 e. The van der Waals surface area contributed by atoms with Crippen molar-refractivity contribution in [3.8, 4) is 18.1 Å². The number of halogens is 1. The van der Waals surface area contributed by atoms with Gasteiger partial charge in [-0.3, -0.25) is 9.52 Å². The lowest BCUT2D eigenvalue weighted by atomic mass is 10.2. The fourth-order valence-electron chi connectivity index (χ4n) is 2.58. The summed E-state index contributed by atoms with van der Waals surface area (Å²) in [5.41, 5.74) is 3.67. The Morgan fingerprint density at radius 3 is 2.44 bits per heavy atom. The van der Waals surface area contributed by atoms with E-state index in [0.29, 0.717) is 27.6 Å². The van der Waals surface area contributed by atoms with E-state index in [0.717, 1.165) is 0 Å². The largest absolute Gasteiger partial charge is 0.480 e. The highest BCUT2D eigenvalue weighted by Crippen LogP contribution is 2.19. The molecule has 0 radical (unpaired) electrons. The van der Waals surface area contributed by atoms with Crippen molar-refractivity contribution in [1.82, 2.24) is 5.43 Å². The molecule has 0 aliphatic carbocycles. The zero-order valence-electron chi connectivity index (χ0n) is 16.7. The Morgan fingerprint density at radius 2 is 1.75 bits per heavy atom. The van der Waals surface area contributed by atoms with Crippen LogP contribution in [-0.2, 0) is 10.0 Å². The Labute approximate surface area is 191 Å². The van der Waals surface area contributed by atoms with Crippen LogP contribution in [0.5, 0.6) is 5.75 Å². The summed E-state index contributed by atoms with van der Waals surface area (Å²) in [5.74, 6) is 2.46. The van der Waals surface area contributed by atoms with Crippen LogP contribution in [0.15, 0.2) is 82.8 Å². The minimum atomic E-state index is -3.78. The third-order valence-corrected chi connectivity index (χ3v) is 5.77. The molecule has 1 amide bonds. The number of para-hydroxylation sites is 1. The summed E-state index contributed by atoms with van der Waals surface area (Å²) >= 11 is 5.79. The van der Waals surface area contributed by atoms with E-state index in [2.05, 4.69) is 21.2 Å². The molecule has 2 N–H and O–H groups in total. The lowest BCUT2D eigenvalue weighted by molar-refractivity contribution is 0.0955. The predicted octanol–water partition coefficient (Wildman–Crippen LogP) is 3.92. The molecule has 0 unspecified atom stereocenters. The number of nitrogens with one attached hydrogen (secondary N) is 2. The Balaban J connectivity index is 1.63. The highest BCUT2D eigenvalue weighted by molar-refractivity contribution is 7.92. The molecular formula is C23H18ClN3O4S. The van der Waals surface area contributed by atoms with Crippen molar-refractivity contribution < 1.29 is 17.9 Å². The summed E-state index contributed by atoms with van der Waals surface area (Å²) in [6, 6.07) is 18.8. The van der Waals surface area contributed by atoms with Gasteiger partial charge in [0.05, 0.1) is 11.1 Å². The molecule has 0 heterocycles. The first-order valence-electron chi connectivity index (χ1n) is 9.26. The molecule has 0 aromatic heterocycles. The minimum absolute atomic E-state index is 0.0737. The van der Waals surface area contributed by atoms with Gasteiger partial charge >= 0.3 is 0 Å². The Hall–Kier alpha value is -3.80. The van der Waals surface area contributed by atoms with E-state index >= 15 is 0 Å². The molecule has 3 aromatic rings. The molecule has 7 nitrogen and oxygen atoms in total. The number of ether oxygens (including phenoxy) is 1. The van der Waals surface area contributed by atoms with E-state index in [1.807, 2.05) is 0 Å². The molecule has 0 spiro atoms. The molecule has 0 saturated carbocycles. The number of amides is 1. The Bertz CT molecular complexity index is 1270. The number of hydrogen-bond acceptors (Lipinski definition) is 5. The van der Waals surface area contributed by atoms with Crippen LogP contribution in [0.2, 0.25) is 5.02 Å². The number of nitrogens with zero attached hydrogens (tertiary/aromatic N) is 1. The number of sulfonamides is 1. The SMILES string of the molecule is C#CCOc1ccccc1/C=N/NC(=O)c1ccc(NS(=O)(=O)c2ccc(Cl)cc2)cc1. The molecule has 0 saturated heterocycles. The second-order valence-electron chi connectivity index (χ2n) is 6.37. The van der Waals surface area contributed by atoms with Crippen LogP contribution in [0.4, 0.5) is 5.69 Å². The highest BCUT2D eigenvalue weighted by atomic mass is 35.5. The van der Waals surface area contributed by atoms with Gasteiger partial charge < -0.3 is 4.74 Å². The molecule has 0 aliphatic rings. The Morgan fingerprint density at radius 1 is 1.06 bits per heavy atom. The fraction of sp³-hybridized carbons (Fsp3) is 0.0435. The van der Waals surface area contributed by atoms with Gasteiger partial charge in [0, 0.05) is 21.8 Å². The maximum absolute atomic E-state index is 12.4. The third-order valence-electron chi connectivity index (χ3n) is 4.12. The average Bonchev–Trinajstić information content (AvgIpc) is 2.79. The van der Waals surface area contributed by atoms with Crippen LogP contribution >= 0.6 is 11.6 Å². The van der Waals surface area contributed by atoms with Crippen LogP contribution in [-0.4, -0.2) is 27.1 Å². The summed E-state index contributed by atoms with van der Waals surface area (Å²) in [6.45, 7) is 0.116. The molecule has 0 atom stereocenters. The molecule has 3 rings (SSSR count). The number of carbonyl (C=O) groups excluding carboxylic acids is 1. The molecule has 0 aliphatic heterocycles. The zero-order chi connectivity index (χ0) is 23.0. The van der Waals surface area contributed by atoms with Crippen LogP contribution < -0.4 is 14.9 Å². The summed E-state index contributed by atoms with van der Waals surface area (Å²) in [4.78, 5) is 12.4. The van der Waals surface area contributed by atoms with Gasteiger partial charge in [-0.2, -0.15) is 5.10 Å². The lowest BCUT2D eigenvalue weighted by Crippen LogP contribution is -2.18. The predicted molar refractivity (Wildman–Crippen MR) is 125 cm³/mol. The minimum Gasteiger partial charge on any atom is -0.480 e. The van der Waals surface area contributed by atoms with Crippen molar-refractivity contribution in [2.45, 2.75) is 4.90 Å². The summed E-state index contributed by atoms with van der Waals surface area (Å²) < 4.78 is 32.7.